The summed E-state index contributed by atoms with van der Waals surface area (Å²) < 4.78 is 5.28. The van der Waals surface area contributed by atoms with Gasteiger partial charge in [-0.15, -0.1) is 12.4 Å². The molecule has 0 atom stereocenters. The lowest BCUT2D eigenvalue weighted by molar-refractivity contribution is 0.0696. The Morgan fingerprint density at radius 1 is 1.67 bits per heavy atom. The van der Waals surface area contributed by atoms with Crippen LogP contribution in [0.1, 0.15) is 10.4 Å². The first kappa shape index (κ1) is 11.6. The number of halogens is 1. The lowest BCUT2D eigenvalue weighted by Crippen LogP contribution is -2.29. The van der Waals surface area contributed by atoms with Crippen LogP contribution in [0, 0.1) is 0 Å². The molecule has 1 aliphatic heterocycles. The van der Waals surface area contributed by atoms with E-state index in [0.717, 1.165) is 12.2 Å². The van der Waals surface area contributed by atoms with Gasteiger partial charge in [-0.05, 0) is 6.07 Å². The molecule has 0 radical (unpaired) electrons. The number of aromatic carboxylic acids is 1. The fourth-order valence-electron chi connectivity index (χ4n) is 1.34. The molecule has 0 spiro atoms. The van der Waals surface area contributed by atoms with E-state index < -0.39 is 5.97 Å². The van der Waals surface area contributed by atoms with Gasteiger partial charge in [-0.25, -0.2) is 9.78 Å². The lowest BCUT2D eigenvalue weighted by Gasteiger charge is -2.26. The van der Waals surface area contributed by atoms with E-state index >= 15 is 0 Å². The molecule has 0 amide bonds. The maximum Gasteiger partial charge on any atom is 0.337 e. The topological polar surface area (TPSA) is 62.7 Å². The number of hydrogen-bond donors (Lipinski definition) is 1. The molecule has 1 aromatic rings. The van der Waals surface area contributed by atoms with Gasteiger partial charge in [0.05, 0.1) is 12.1 Å². The molecule has 0 bridgehead atoms. The number of nitrogens with zero attached hydrogens (tertiary/aromatic N) is 2. The quantitative estimate of drug-likeness (QED) is 0.781. The summed E-state index contributed by atoms with van der Waals surface area (Å²) in [7, 11) is 1.88. The Morgan fingerprint density at radius 2 is 2.40 bits per heavy atom. The van der Waals surface area contributed by atoms with Crippen molar-refractivity contribution in [3.63, 3.8) is 0 Å². The fourth-order valence-corrected chi connectivity index (χ4v) is 1.34. The highest BCUT2D eigenvalue weighted by Crippen LogP contribution is 2.28. The second-order valence-corrected chi connectivity index (χ2v) is 3.12. The molecule has 0 saturated carbocycles. The summed E-state index contributed by atoms with van der Waals surface area (Å²) in [6.45, 7) is 1.33. The monoisotopic (exact) mass is 230 g/mol. The van der Waals surface area contributed by atoms with E-state index in [2.05, 4.69) is 4.98 Å². The van der Waals surface area contributed by atoms with Gasteiger partial charge >= 0.3 is 5.97 Å². The van der Waals surface area contributed by atoms with Crippen LogP contribution in [0.2, 0.25) is 0 Å². The standard InChI is InChI=1S/C9H10N2O3.ClH/c1-11-2-3-14-8-7(11)4-6(5-10-8)9(12)13;/h4-5H,2-3H2,1H3,(H,12,13);1H. The Bertz CT molecular complexity index is 384. The Kier molecular flexibility index (Phi) is 3.36. The van der Waals surface area contributed by atoms with Gasteiger partial charge in [0.1, 0.15) is 12.3 Å². The fraction of sp³-hybridized carbons (Fsp3) is 0.333. The van der Waals surface area contributed by atoms with Gasteiger partial charge in [-0.3, -0.25) is 0 Å². The van der Waals surface area contributed by atoms with Gasteiger partial charge in [0.25, 0.3) is 0 Å². The van der Waals surface area contributed by atoms with Crippen LogP contribution in [0.4, 0.5) is 5.69 Å². The van der Waals surface area contributed by atoms with E-state index in [0.29, 0.717) is 12.5 Å². The van der Waals surface area contributed by atoms with Crippen molar-refractivity contribution in [3.8, 4) is 5.88 Å². The average molecular weight is 231 g/mol. The highest BCUT2D eigenvalue weighted by Gasteiger charge is 2.18. The molecular formula is C9H11ClN2O3. The number of likely N-dealkylation sites (N-methyl/N-ethyl adjacent to an activating group) is 1. The molecule has 0 aliphatic carbocycles. The third kappa shape index (κ3) is 2.12. The molecule has 5 nitrogen and oxygen atoms in total. The summed E-state index contributed by atoms with van der Waals surface area (Å²) in [5.41, 5.74) is 0.914. The zero-order valence-corrected chi connectivity index (χ0v) is 8.95. The minimum atomic E-state index is -0.973. The second-order valence-electron chi connectivity index (χ2n) is 3.12. The van der Waals surface area contributed by atoms with Crippen LogP contribution in [0.15, 0.2) is 12.3 Å². The van der Waals surface area contributed by atoms with Crippen molar-refractivity contribution in [2.24, 2.45) is 0 Å². The Morgan fingerprint density at radius 3 is 3.07 bits per heavy atom. The average Bonchev–Trinajstić information content (AvgIpc) is 2.18. The molecule has 1 aromatic heterocycles. The molecule has 0 aromatic carbocycles. The largest absolute Gasteiger partial charge is 0.478 e. The number of hydrogen-bond acceptors (Lipinski definition) is 4. The van der Waals surface area contributed by atoms with E-state index in [1.165, 1.54) is 6.20 Å². The number of carbonyl (C=O) groups is 1. The van der Waals surface area contributed by atoms with E-state index in [4.69, 9.17) is 9.84 Å². The molecule has 2 heterocycles. The van der Waals surface area contributed by atoms with Crippen molar-refractivity contribution in [2.45, 2.75) is 0 Å². The number of pyridine rings is 1. The van der Waals surface area contributed by atoms with Crippen molar-refractivity contribution >= 4 is 24.1 Å². The summed E-state index contributed by atoms with van der Waals surface area (Å²) in [4.78, 5) is 16.6. The van der Waals surface area contributed by atoms with Crippen LogP contribution in [0.3, 0.4) is 0 Å². The third-order valence-electron chi connectivity index (χ3n) is 2.16. The van der Waals surface area contributed by atoms with E-state index in [1.54, 1.807) is 6.07 Å². The maximum atomic E-state index is 10.7. The van der Waals surface area contributed by atoms with E-state index in [-0.39, 0.29) is 18.0 Å². The normalized spacial score (nSPS) is 13.5. The van der Waals surface area contributed by atoms with Gasteiger partial charge in [-0.2, -0.15) is 0 Å². The van der Waals surface area contributed by atoms with Gasteiger partial charge in [0.2, 0.25) is 5.88 Å². The first-order valence-corrected chi connectivity index (χ1v) is 4.26. The lowest BCUT2D eigenvalue weighted by atomic mass is 10.2. The van der Waals surface area contributed by atoms with Crippen LogP contribution in [-0.4, -0.2) is 36.3 Å². The van der Waals surface area contributed by atoms with E-state index in [9.17, 15) is 4.79 Å². The van der Waals surface area contributed by atoms with Gasteiger partial charge < -0.3 is 14.7 Å². The second kappa shape index (κ2) is 4.35. The molecule has 15 heavy (non-hydrogen) atoms. The van der Waals surface area contributed by atoms with Crippen molar-refractivity contribution in [2.75, 3.05) is 25.1 Å². The van der Waals surface area contributed by atoms with Gasteiger partial charge in [0.15, 0.2) is 0 Å². The number of aromatic nitrogens is 1. The zero-order valence-electron chi connectivity index (χ0n) is 8.14. The summed E-state index contributed by atoms with van der Waals surface area (Å²) in [5, 5.41) is 8.77. The predicted molar refractivity (Wildman–Crippen MR) is 57.2 cm³/mol. The molecule has 82 valence electrons. The maximum absolute atomic E-state index is 10.7. The Hall–Kier alpha value is -1.49. The highest BCUT2D eigenvalue weighted by molar-refractivity contribution is 5.89. The number of ether oxygens (including phenoxy) is 1. The molecule has 0 saturated heterocycles. The number of rotatable bonds is 1. The minimum absolute atomic E-state index is 0. The van der Waals surface area contributed by atoms with Crippen molar-refractivity contribution < 1.29 is 14.6 Å². The smallest absolute Gasteiger partial charge is 0.337 e. The van der Waals surface area contributed by atoms with Crippen molar-refractivity contribution in [1.29, 1.82) is 0 Å². The molecule has 0 fully saturated rings. The highest BCUT2D eigenvalue weighted by atomic mass is 35.5. The first-order valence-electron chi connectivity index (χ1n) is 4.26. The third-order valence-corrected chi connectivity index (χ3v) is 2.16. The number of carboxylic acids is 1. The van der Waals surface area contributed by atoms with Crippen LogP contribution >= 0.6 is 12.4 Å². The Balaban J connectivity index is 0.00000112. The molecule has 0 unspecified atom stereocenters. The Labute approximate surface area is 93.1 Å². The first-order chi connectivity index (χ1) is 6.68. The SMILES string of the molecule is CN1CCOc2ncc(C(=O)O)cc21.Cl. The zero-order chi connectivity index (χ0) is 10.1. The summed E-state index contributed by atoms with van der Waals surface area (Å²) >= 11 is 0. The predicted octanol–water partition coefficient (Wildman–Crippen LogP) is 1.03. The van der Waals surface area contributed by atoms with E-state index in [1.807, 2.05) is 11.9 Å². The van der Waals surface area contributed by atoms with Gasteiger partial charge in [-0.1, -0.05) is 0 Å². The van der Waals surface area contributed by atoms with Crippen LogP contribution in [-0.2, 0) is 0 Å². The minimum Gasteiger partial charge on any atom is -0.478 e. The van der Waals surface area contributed by atoms with Crippen LogP contribution in [0.25, 0.3) is 0 Å². The van der Waals surface area contributed by atoms with Crippen LogP contribution in [0.5, 0.6) is 5.88 Å². The number of carboxylic acid groups (broad SMARTS) is 1. The molecule has 1 aliphatic rings. The molecular weight excluding hydrogens is 220 g/mol. The van der Waals surface area contributed by atoms with Crippen molar-refractivity contribution in [1.82, 2.24) is 4.98 Å². The summed E-state index contributed by atoms with van der Waals surface area (Å²) in [5.74, 6) is -0.469. The molecule has 1 N–H and O–H groups in total. The number of anilines is 1. The summed E-state index contributed by atoms with van der Waals surface area (Å²) in [6, 6.07) is 1.57. The molecule has 6 heteroatoms. The summed E-state index contributed by atoms with van der Waals surface area (Å²) in [6.07, 6.45) is 1.31. The van der Waals surface area contributed by atoms with Gasteiger partial charge in [0, 0.05) is 13.2 Å². The number of fused-ring (bicyclic) bond motifs is 1. The van der Waals surface area contributed by atoms with Crippen molar-refractivity contribution in [3.05, 3.63) is 17.8 Å². The van der Waals surface area contributed by atoms with Crippen LogP contribution < -0.4 is 9.64 Å². The molecule has 2 rings (SSSR count).